The molecule has 34 heavy (non-hydrogen) atoms. The van der Waals surface area contributed by atoms with Crippen LogP contribution in [-0.2, 0) is 17.5 Å². The number of halogens is 3. The molecule has 8 heteroatoms. The Morgan fingerprint density at radius 2 is 1.53 bits per heavy atom. The van der Waals surface area contributed by atoms with Crippen molar-refractivity contribution in [3.63, 3.8) is 0 Å². The van der Waals surface area contributed by atoms with Crippen LogP contribution < -0.4 is 5.32 Å². The molecule has 0 saturated carbocycles. The number of amides is 2. The topological polar surface area (TPSA) is 52.7 Å². The summed E-state index contributed by atoms with van der Waals surface area (Å²) >= 11 is 0. The predicted molar refractivity (Wildman–Crippen MR) is 123 cm³/mol. The van der Waals surface area contributed by atoms with Crippen molar-refractivity contribution in [2.24, 2.45) is 0 Å². The quantitative estimate of drug-likeness (QED) is 0.657. The van der Waals surface area contributed by atoms with Crippen LogP contribution in [0.15, 0.2) is 48.5 Å². The van der Waals surface area contributed by atoms with Crippen molar-refractivity contribution in [1.29, 1.82) is 0 Å². The minimum atomic E-state index is -4.36. The van der Waals surface area contributed by atoms with E-state index < -0.39 is 11.7 Å². The van der Waals surface area contributed by atoms with E-state index in [2.05, 4.69) is 5.32 Å². The van der Waals surface area contributed by atoms with Crippen LogP contribution in [-0.4, -0.2) is 47.8 Å². The molecule has 2 aromatic carbocycles. The number of benzene rings is 2. The van der Waals surface area contributed by atoms with E-state index in [4.69, 9.17) is 0 Å². The third-order valence-corrected chi connectivity index (χ3v) is 6.67. The standard InChI is InChI=1S/C26H30F3N3O2/c27-26(28,29)22-12-10-20(11-13-22)23-5-1-2-16-32(23)18-24(33)30-17-19-6-8-21(9-7-19)25(34)31-14-3-4-15-31/h6-13,23H,1-5,14-18H2,(H,30,33). The molecule has 0 radical (unpaired) electrons. The van der Waals surface area contributed by atoms with E-state index >= 15 is 0 Å². The van der Waals surface area contributed by atoms with E-state index in [1.165, 1.54) is 12.1 Å². The van der Waals surface area contributed by atoms with Crippen molar-refractivity contribution in [2.75, 3.05) is 26.2 Å². The zero-order valence-corrected chi connectivity index (χ0v) is 19.1. The molecule has 5 nitrogen and oxygen atoms in total. The molecular weight excluding hydrogens is 443 g/mol. The Balaban J connectivity index is 1.31. The second kappa shape index (κ2) is 10.6. The average Bonchev–Trinajstić information content (AvgIpc) is 3.38. The van der Waals surface area contributed by atoms with Gasteiger partial charge in [-0.15, -0.1) is 0 Å². The lowest BCUT2D eigenvalue weighted by Crippen LogP contribution is -2.41. The molecule has 0 bridgehead atoms. The number of piperidine rings is 1. The Morgan fingerprint density at radius 1 is 0.882 bits per heavy atom. The van der Waals surface area contributed by atoms with Gasteiger partial charge >= 0.3 is 6.18 Å². The van der Waals surface area contributed by atoms with Crippen molar-refractivity contribution in [3.8, 4) is 0 Å². The molecule has 0 spiro atoms. The number of carbonyl (C=O) groups is 2. The molecule has 182 valence electrons. The first kappa shape index (κ1) is 24.3. The maximum absolute atomic E-state index is 12.9. The Morgan fingerprint density at radius 3 is 2.18 bits per heavy atom. The van der Waals surface area contributed by atoms with E-state index in [9.17, 15) is 22.8 Å². The zero-order valence-electron chi connectivity index (χ0n) is 19.1. The van der Waals surface area contributed by atoms with Crippen molar-refractivity contribution in [2.45, 2.75) is 50.9 Å². The number of nitrogens with one attached hydrogen (secondary N) is 1. The van der Waals surface area contributed by atoms with Gasteiger partial charge in [-0.05, 0) is 67.6 Å². The summed E-state index contributed by atoms with van der Waals surface area (Å²) in [6, 6.07) is 12.5. The van der Waals surface area contributed by atoms with Crippen molar-refractivity contribution in [3.05, 3.63) is 70.8 Å². The summed E-state index contributed by atoms with van der Waals surface area (Å²) in [6.45, 7) is 2.89. The van der Waals surface area contributed by atoms with E-state index in [-0.39, 0.29) is 24.4 Å². The maximum atomic E-state index is 12.9. The van der Waals surface area contributed by atoms with Gasteiger partial charge in [-0.25, -0.2) is 0 Å². The molecular formula is C26H30F3N3O2. The lowest BCUT2D eigenvalue weighted by Gasteiger charge is -2.35. The van der Waals surface area contributed by atoms with Gasteiger partial charge in [0.25, 0.3) is 5.91 Å². The van der Waals surface area contributed by atoms with Gasteiger partial charge in [0.2, 0.25) is 5.91 Å². The van der Waals surface area contributed by atoms with Crippen molar-refractivity contribution in [1.82, 2.24) is 15.1 Å². The molecule has 1 unspecified atom stereocenters. The van der Waals surface area contributed by atoms with Crippen LogP contribution in [0.4, 0.5) is 13.2 Å². The number of rotatable bonds is 6. The number of hydrogen-bond acceptors (Lipinski definition) is 3. The third kappa shape index (κ3) is 5.97. The molecule has 2 saturated heterocycles. The molecule has 0 aliphatic carbocycles. The van der Waals surface area contributed by atoms with E-state index in [0.717, 1.165) is 75.0 Å². The predicted octanol–water partition coefficient (Wildman–Crippen LogP) is 4.78. The summed E-state index contributed by atoms with van der Waals surface area (Å²) in [5, 5.41) is 2.93. The summed E-state index contributed by atoms with van der Waals surface area (Å²) in [5.41, 5.74) is 1.71. The summed E-state index contributed by atoms with van der Waals surface area (Å²) in [6.07, 6.45) is 0.484. The fourth-order valence-corrected chi connectivity index (χ4v) is 4.76. The minimum absolute atomic E-state index is 0.0486. The van der Waals surface area contributed by atoms with Gasteiger partial charge in [0.1, 0.15) is 0 Å². The first-order chi connectivity index (χ1) is 16.3. The van der Waals surface area contributed by atoms with Crippen molar-refractivity contribution < 1.29 is 22.8 Å². The first-order valence-corrected chi connectivity index (χ1v) is 11.9. The normalized spacial score (nSPS) is 19.3. The van der Waals surface area contributed by atoms with Gasteiger partial charge in [0.05, 0.1) is 12.1 Å². The Labute approximate surface area is 197 Å². The molecule has 2 aliphatic heterocycles. The largest absolute Gasteiger partial charge is 0.416 e. The van der Waals surface area contributed by atoms with Gasteiger partial charge in [-0.1, -0.05) is 30.7 Å². The summed E-state index contributed by atoms with van der Waals surface area (Å²) < 4.78 is 38.7. The fraction of sp³-hybridized carbons (Fsp3) is 0.462. The van der Waals surface area contributed by atoms with Gasteiger partial charge in [-0.3, -0.25) is 14.5 Å². The molecule has 1 atom stereocenters. The number of hydrogen-bond donors (Lipinski definition) is 1. The smallest absolute Gasteiger partial charge is 0.351 e. The van der Waals surface area contributed by atoms with Crippen LogP contribution in [0.25, 0.3) is 0 Å². The molecule has 2 aromatic rings. The lowest BCUT2D eigenvalue weighted by atomic mass is 9.94. The second-order valence-corrected chi connectivity index (χ2v) is 9.07. The summed E-state index contributed by atoms with van der Waals surface area (Å²) in [5.74, 6) is -0.0801. The Bertz CT molecular complexity index is 984. The molecule has 1 N–H and O–H groups in total. The third-order valence-electron chi connectivity index (χ3n) is 6.67. The maximum Gasteiger partial charge on any atom is 0.416 e. The highest BCUT2D eigenvalue weighted by molar-refractivity contribution is 5.94. The number of nitrogens with zero attached hydrogens (tertiary/aromatic N) is 2. The Kier molecular flexibility index (Phi) is 7.56. The molecule has 2 aliphatic rings. The highest BCUT2D eigenvalue weighted by Crippen LogP contribution is 2.34. The molecule has 4 rings (SSSR count). The van der Waals surface area contributed by atoms with Crippen LogP contribution in [0.5, 0.6) is 0 Å². The highest BCUT2D eigenvalue weighted by atomic mass is 19.4. The molecule has 2 heterocycles. The lowest BCUT2D eigenvalue weighted by molar-refractivity contribution is -0.137. The van der Waals surface area contributed by atoms with Gasteiger partial charge in [0, 0.05) is 31.2 Å². The number of carbonyl (C=O) groups excluding carboxylic acids is 2. The second-order valence-electron chi connectivity index (χ2n) is 9.07. The van der Waals surface area contributed by atoms with Gasteiger partial charge < -0.3 is 10.2 Å². The zero-order chi connectivity index (χ0) is 24.1. The Hall–Kier alpha value is -2.87. The van der Waals surface area contributed by atoms with Gasteiger partial charge in [0.15, 0.2) is 0 Å². The van der Waals surface area contributed by atoms with E-state index in [1.54, 1.807) is 12.1 Å². The molecule has 2 amide bonds. The number of likely N-dealkylation sites (tertiary alicyclic amines) is 2. The summed E-state index contributed by atoms with van der Waals surface area (Å²) in [4.78, 5) is 29.0. The fourth-order valence-electron chi connectivity index (χ4n) is 4.76. The van der Waals surface area contributed by atoms with Crippen LogP contribution in [0.1, 0.15) is 65.2 Å². The van der Waals surface area contributed by atoms with Crippen LogP contribution in [0.3, 0.4) is 0 Å². The summed E-state index contributed by atoms with van der Waals surface area (Å²) in [7, 11) is 0. The minimum Gasteiger partial charge on any atom is -0.351 e. The first-order valence-electron chi connectivity index (χ1n) is 11.9. The monoisotopic (exact) mass is 473 g/mol. The highest BCUT2D eigenvalue weighted by Gasteiger charge is 2.31. The van der Waals surface area contributed by atoms with Gasteiger partial charge in [-0.2, -0.15) is 13.2 Å². The SMILES string of the molecule is O=C(CN1CCCCC1c1ccc(C(F)(F)F)cc1)NCc1ccc(C(=O)N2CCCC2)cc1. The number of alkyl halides is 3. The molecule has 0 aromatic heterocycles. The average molecular weight is 474 g/mol. The van der Waals surface area contributed by atoms with Crippen LogP contribution in [0, 0.1) is 0 Å². The van der Waals surface area contributed by atoms with E-state index in [0.29, 0.717) is 12.1 Å². The van der Waals surface area contributed by atoms with Crippen LogP contribution >= 0.6 is 0 Å². The van der Waals surface area contributed by atoms with Crippen LogP contribution in [0.2, 0.25) is 0 Å². The molecule has 2 fully saturated rings. The van der Waals surface area contributed by atoms with Crippen molar-refractivity contribution >= 4 is 11.8 Å². The van der Waals surface area contributed by atoms with E-state index in [1.807, 2.05) is 21.9 Å².